The average molecular weight is 407 g/mol. The maximum atomic E-state index is 4.73. The first kappa shape index (κ1) is 17.9. The maximum absolute atomic E-state index is 4.73. The summed E-state index contributed by atoms with van der Waals surface area (Å²) >= 11 is 0. The quantitative estimate of drug-likeness (QED) is 0.403. The fourth-order valence-electron chi connectivity index (χ4n) is 4.19. The molecule has 4 heterocycles. The molecule has 0 atom stereocenters. The summed E-state index contributed by atoms with van der Waals surface area (Å²) in [5, 5.41) is 12.6. The molecule has 0 saturated heterocycles. The standard InChI is InChI=1S/C24H21N7/c1-2-4-18(5-3-1)31(19-6-7-21-17(12-19)14-28-30-21)24-20-13-22(16-8-10-25-11-9-16)29-23(20)26-15-27-24/h1-8,12-15,25H,9-11H2,(H,28,30)(H,26,27,29). The second-order valence-electron chi connectivity index (χ2n) is 7.64. The average Bonchev–Trinajstić information content (AvgIpc) is 3.48. The second kappa shape index (κ2) is 7.37. The second-order valence-corrected chi connectivity index (χ2v) is 7.64. The van der Waals surface area contributed by atoms with Gasteiger partial charge in [-0.05, 0) is 54.9 Å². The highest BCUT2D eigenvalue weighted by atomic mass is 15.2. The zero-order chi connectivity index (χ0) is 20.6. The smallest absolute Gasteiger partial charge is 0.150 e. The molecule has 3 N–H and O–H groups in total. The number of benzene rings is 2. The molecule has 0 unspecified atom stereocenters. The van der Waals surface area contributed by atoms with Gasteiger partial charge in [-0.1, -0.05) is 24.3 Å². The van der Waals surface area contributed by atoms with Crippen molar-refractivity contribution in [2.24, 2.45) is 0 Å². The molecule has 3 aromatic heterocycles. The highest BCUT2D eigenvalue weighted by Crippen LogP contribution is 2.38. The van der Waals surface area contributed by atoms with Crippen LogP contribution in [0.5, 0.6) is 0 Å². The Morgan fingerprint density at radius 2 is 1.87 bits per heavy atom. The van der Waals surface area contributed by atoms with Crippen LogP contribution in [0.1, 0.15) is 12.1 Å². The van der Waals surface area contributed by atoms with E-state index >= 15 is 0 Å². The van der Waals surface area contributed by atoms with Crippen LogP contribution >= 0.6 is 0 Å². The van der Waals surface area contributed by atoms with Gasteiger partial charge in [0.1, 0.15) is 12.0 Å². The number of anilines is 3. The zero-order valence-corrected chi connectivity index (χ0v) is 16.8. The highest BCUT2D eigenvalue weighted by Gasteiger charge is 2.20. The Balaban J connectivity index is 1.55. The van der Waals surface area contributed by atoms with Crippen molar-refractivity contribution in [3.8, 4) is 0 Å². The van der Waals surface area contributed by atoms with Crippen LogP contribution in [0.15, 0.2) is 73.2 Å². The zero-order valence-electron chi connectivity index (χ0n) is 16.8. The molecule has 0 saturated carbocycles. The van der Waals surface area contributed by atoms with Crippen LogP contribution in [-0.4, -0.2) is 38.2 Å². The van der Waals surface area contributed by atoms with Gasteiger partial charge in [0.05, 0.1) is 17.1 Å². The van der Waals surface area contributed by atoms with Crippen molar-refractivity contribution in [2.75, 3.05) is 18.0 Å². The molecule has 152 valence electrons. The van der Waals surface area contributed by atoms with Crippen molar-refractivity contribution in [3.63, 3.8) is 0 Å². The van der Waals surface area contributed by atoms with Gasteiger partial charge in [0.2, 0.25) is 0 Å². The van der Waals surface area contributed by atoms with Crippen LogP contribution in [0.3, 0.4) is 0 Å². The SMILES string of the molecule is C1=C(c2cc3c(N(c4ccccc4)c4ccc5[nH]ncc5c4)ncnc3[nH]2)CCNC1. The highest BCUT2D eigenvalue weighted by molar-refractivity contribution is 5.97. The molecule has 5 aromatic rings. The van der Waals surface area contributed by atoms with Gasteiger partial charge < -0.3 is 10.3 Å². The molecular weight excluding hydrogens is 386 g/mol. The van der Waals surface area contributed by atoms with E-state index in [0.717, 1.165) is 64.3 Å². The van der Waals surface area contributed by atoms with Crippen LogP contribution < -0.4 is 10.2 Å². The number of para-hydroxylation sites is 1. The van der Waals surface area contributed by atoms with Crippen molar-refractivity contribution in [1.82, 2.24) is 30.5 Å². The van der Waals surface area contributed by atoms with Gasteiger partial charge in [0.25, 0.3) is 0 Å². The van der Waals surface area contributed by atoms with Gasteiger partial charge in [0.15, 0.2) is 5.82 Å². The molecule has 31 heavy (non-hydrogen) atoms. The van der Waals surface area contributed by atoms with E-state index in [2.05, 4.69) is 66.8 Å². The summed E-state index contributed by atoms with van der Waals surface area (Å²) < 4.78 is 0. The minimum Gasteiger partial charge on any atom is -0.339 e. The van der Waals surface area contributed by atoms with Crippen molar-refractivity contribution in [3.05, 3.63) is 78.9 Å². The van der Waals surface area contributed by atoms with Crippen molar-refractivity contribution in [2.45, 2.75) is 6.42 Å². The third-order valence-electron chi connectivity index (χ3n) is 5.72. The van der Waals surface area contributed by atoms with E-state index in [1.54, 1.807) is 6.33 Å². The summed E-state index contributed by atoms with van der Waals surface area (Å²) in [5.41, 5.74) is 6.32. The van der Waals surface area contributed by atoms with Gasteiger partial charge in [-0.2, -0.15) is 5.10 Å². The third-order valence-corrected chi connectivity index (χ3v) is 5.72. The van der Waals surface area contributed by atoms with Gasteiger partial charge in [0, 0.05) is 29.0 Å². The van der Waals surface area contributed by atoms with Gasteiger partial charge in [-0.25, -0.2) is 9.97 Å². The first-order chi connectivity index (χ1) is 15.4. The van der Waals surface area contributed by atoms with Crippen LogP contribution in [0.4, 0.5) is 17.2 Å². The normalized spacial score (nSPS) is 14.1. The maximum Gasteiger partial charge on any atom is 0.150 e. The van der Waals surface area contributed by atoms with Gasteiger partial charge in [-0.3, -0.25) is 10.00 Å². The molecule has 1 aliphatic heterocycles. The Labute approximate surface area is 178 Å². The van der Waals surface area contributed by atoms with Crippen molar-refractivity contribution < 1.29 is 0 Å². The number of hydrogen-bond acceptors (Lipinski definition) is 5. The molecule has 0 radical (unpaired) electrons. The predicted octanol–water partition coefficient (Wildman–Crippen LogP) is 4.68. The number of rotatable bonds is 4. The monoisotopic (exact) mass is 407 g/mol. The summed E-state index contributed by atoms with van der Waals surface area (Å²) in [6, 6.07) is 18.7. The minimum absolute atomic E-state index is 0.838. The van der Waals surface area contributed by atoms with Crippen LogP contribution in [0.2, 0.25) is 0 Å². The summed E-state index contributed by atoms with van der Waals surface area (Å²) in [6.07, 6.45) is 6.70. The molecule has 0 spiro atoms. The molecule has 1 aliphatic rings. The lowest BCUT2D eigenvalue weighted by atomic mass is 10.1. The van der Waals surface area contributed by atoms with E-state index in [1.165, 1.54) is 5.57 Å². The molecule has 0 amide bonds. The largest absolute Gasteiger partial charge is 0.339 e. The number of nitrogens with one attached hydrogen (secondary N) is 3. The van der Waals surface area contributed by atoms with E-state index in [9.17, 15) is 0 Å². The van der Waals surface area contributed by atoms with E-state index < -0.39 is 0 Å². The Morgan fingerprint density at radius 1 is 0.935 bits per heavy atom. The third kappa shape index (κ3) is 3.15. The Bertz CT molecular complexity index is 1400. The van der Waals surface area contributed by atoms with Gasteiger partial charge in [-0.15, -0.1) is 0 Å². The summed E-state index contributed by atoms with van der Waals surface area (Å²) in [4.78, 5) is 14.9. The Hall–Kier alpha value is -3.97. The summed E-state index contributed by atoms with van der Waals surface area (Å²) in [6.45, 7) is 1.88. The number of H-pyrrole nitrogens is 2. The number of nitrogens with zero attached hydrogens (tertiary/aromatic N) is 4. The fourth-order valence-corrected chi connectivity index (χ4v) is 4.19. The topological polar surface area (TPSA) is 85.5 Å². The summed E-state index contributed by atoms with van der Waals surface area (Å²) in [5.74, 6) is 0.844. The Morgan fingerprint density at radius 3 is 2.74 bits per heavy atom. The number of aromatic amines is 2. The lowest BCUT2D eigenvalue weighted by Gasteiger charge is -2.24. The molecule has 6 rings (SSSR count). The van der Waals surface area contributed by atoms with E-state index in [4.69, 9.17) is 4.98 Å². The lowest BCUT2D eigenvalue weighted by molar-refractivity contribution is 0.737. The lowest BCUT2D eigenvalue weighted by Crippen LogP contribution is -2.20. The number of aromatic nitrogens is 5. The van der Waals surface area contributed by atoms with E-state index in [-0.39, 0.29) is 0 Å². The molecule has 0 bridgehead atoms. The van der Waals surface area contributed by atoms with Gasteiger partial charge >= 0.3 is 0 Å². The van der Waals surface area contributed by atoms with Crippen molar-refractivity contribution in [1.29, 1.82) is 0 Å². The van der Waals surface area contributed by atoms with E-state index in [0.29, 0.717) is 0 Å². The minimum atomic E-state index is 0.838. The first-order valence-electron chi connectivity index (χ1n) is 10.4. The molecule has 7 nitrogen and oxygen atoms in total. The predicted molar refractivity (Wildman–Crippen MR) is 124 cm³/mol. The van der Waals surface area contributed by atoms with Crippen LogP contribution in [0, 0.1) is 0 Å². The molecule has 2 aromatic carbocycles. The summed E-state index contributed by atoms with van der Waals surface area (Å²) in [7, 11) is 0. The number of hydrogen-bond donors (Lipinski definition) is 3. The number of fused-ring (bicyclic) bond motifs is 2. The molecular formula is C24H21N7. The van der Waals surface area contributed by atoms with Crippen molar-refractivity contribution >= 4 is 44.7 Å². The van der Waals surface area contributed by atoms with Crippen LogP contribution in [0.25, 0.3) is 27.5 Å². The molecule has 0 fully saturated rings. The van der Waals surface area contributed by atoms with Crippen LogP contribution in [-0.2, 0) is 0 Å². The Kier molecular flexibility index (Phi) is 4.25. The first-order valence-corrected chi connectivity index (χ1v) is 10.4. The molecule has 0 aliphatic carbocycles. The molecule has 7 heteroatoms. The van der Waals surface area contributed by atoms with E-state index in [1.807, 2.05) is 30.5 Å². The fraction of sp³-hybridized carbons (Fsp3) is 0.125.